The first-order valence-electron chi connectivity index (χ1n) is 9.13. The first kappa shape index (κ1) is 20.8. The number of hydrogen-bond acceptors (Lipinski definition) is 7. The second kappa shape index (κ2) is 9.49. The fourth-order valence-electron chi connectivity index (χ4n) is 3.67. The van der Waals surface area contributed by atoms with Crippen LogP contribution in [0.15, 0.2) is 29.3 Å². The van der Waals surface area contributed by atoms with Crippen LogP contribution in [0.4, 0.5) is 0 Å². The molecule has 28 heavy (non-hydrogen) atoms. The number of hydrogen-bond donors (Lipinski definition) is 2. The number of aryl methyl sites for hydroxylation is 1. The third-order valence-electron chi connectivity index (χ3n) is 5.08. The predicted molar refractivity (Wildman–Crippen MR) is 108 cm³/mol. The van der Waals surface area contributed by atoms with Crippen LogP contribution in [0.5, 0.6) is 0 Å². The van der Waals surface area contributed by atoms with E-state index in [1.165, 1.54) is 66.1 Å². The van der Waals surface area contributed by atoms with Gasteiger partial charge in [-0.2, -0.15) is 8.75 Å². The van der Waals surface area contributed by atoms with Crippen LogP contribution >= 0.6 is 23.5 Å². The summed E-state index contributed by atoms with van der Waals surface area (Å²) in [4.78, 5) is 20.8. The molecule has 2 aliphatic heterocycles. The Balaban J connectivity index is 0.000000330. The molecular formula is C19H23N3O4S2. The number of rotatable bonds is 4. The van der Waals surface area contributed by atoms with Crippen LogP contribution in [-0.2, 0) is 15.3 Å². The van der Waals surface area contributed by atoms with Crippen molar-refractivity contribution >= 4 is 35.4 Å². The molecule has 0 spiro atoms. The molecule has 0 amide bonds. The Bertz CT molecular complexity index is 813. The Morgan fingerprint density at radius 2 is 1.89 bits per heavy atom. The minimum absolute atomic E-state index is 0.613. The van der Waals surface area contributed by atoms with Crippen molar-refractivity contribution in [2.75, 3.05) is 19.6 Å². The lowest BCUT2D eigenvalue weighted by Gasteiger charge is -2.21. The molecule has 7 nitrogen and oxygen atoms in total. The van der Waals surface area contributed by atoms with Crippen molar-refractivity contribution in [2.24, 2.45) is 5.92 Å². The van der Waals surface area contributed by atoms with Crippen LogP contribution < -0.4 is 0 Å². The van der Waals surface area contributed by atoms with Crippen molar-refractivity contribution < 1.29 is 19.8 Å². The van der Waals surface area contributed by atoms with E-state index in [2.05, 4.69) is 44.8 Å². The van der Waals surface area contributed by atoms with Gasteiger partial charge < -0.3 is 15.1 Å². The lowest BCUT2D eigenvalue weighted by atomic mass is 9.89. The zero-order valence-corrected chi connectivity index (χ0v) is 17.2. The van der Waals surface area contributed by atoms with Crippen LogP contribution in [0.1, 0.15) is 35.6 Å². The van der Waals surface area contributed by atoms with Crippen molar-refractivity contribution in [1.29, 1.82) is 0 Å². The largest absolute Gasteiger partial charge is 0.473 e. The molecule has 2 N–H and O–H groups in total. The average molecular weight is 422 g/mol. The summed E-state index contributed by atoms with van der Waals surface area (Å²) in [6.45, 7) is 5.86. The van der Waals surface area contributed by atoms with Gasteiger partial charge in [-0.15, -0.1) is 0 Å². The number of piperidine rings is 1. The van der Waals surface area contributed by atoms with Crippen LogP contribution in [0.2, 0.25) is 0 Å². The van der Waals surface area contributed by atoms with Gasteiger partial charge in [0.1, 0.15) is 5.03 Å². The molecule has 3 atom stereocenters. The number of thioether (sulfide) groups is 1. The van der Waals surface area contributed by atoms with E-state index in [-0.39, 0.29) is 0 Å². The Morgan fingerprint density at radius 3 is 2.54 bits per heavy atom. The first-order valence-corrected chi connectivity index (χ1v) is 10.8. The van der Waals surface area contributed by atoms with Crippen molar-refractivity contribution in [3.05, 3.63) is 41.1 Å². The van der Waals surface area contributed by atoms with Crippen molar-refractivity contribution in [2.45, 2.75) is 36.5 Å². The van der Waals surface area contributed by atoms with Gasteiger partial charge in [0.25, 0.3) is 0 Å². The van der Waals surface area contributed by atoms with Crippen molar-refractivity contribution in [1.82, 2.24) is 13.6 Å². The van der Waals surface area contributed by atoms with E-state index in [0.29, 0.717) is 5.92 Å². The summed E-state index contributed by atoms with van der Waals surface area (Å²) in [7, 11) is 0. The molecule has 4 rings (SSSR count). The van der Waals surface area contributed by atoms with Crippen LogP contribution in [0, 0.1) is 12.8 Å². The first-order chi connectivity index (χ1) is 13.4. The molecule has 0 radical (unpaired) electrons. The third kappa shape index (κ3) is 5.30. The number of nitrogens with zero attached hydrogens (tertiary/aromatic N) is 3. The van der Waals surface area contributed by atoms with Crippen LogP contribution in [0.3, 0.4) is 0 Å². The monoisotopic (exact) mass is 421 g/mol. The number of carboxylic acid groups (broad SMARTS) is 2. The summed E-state index contributed by atoms with van der Waals surface area (Å²) in [5, 5.41) is 16.0. The minimum Gasteiger partial charge on any atom is -0.473 e. The van der Waals surface area contributed by atoms with Gasteiger partial charge in [0, 0.05) is 24.8 Å². The third-order valence-corrected chi connectivity index (χ3v) is 6.79. The lowest BCUT2D eigenvalue weighted by Crippen LogP contribution is -2.25. The summed E-state index contributed by atoms with van der Waals surface area (Å²) < 4.78 is 9.25. The standard InChI is InChI=1S/C17H21N3S2.C2H2O4/c1-12-4-6-13(7-5-12)11-21-17-16(18-22-19-17)15-10-20-8-2-3-14(15)9-20;3-1(4)2(5)6/h4-7,14-15H,2-3,8-11H2,1H3;(H,3,4)(H,5,6). The normalized spacial score (nSPS) is 23.0. The SMILES string of the molecule is Cc1ccc(CSc2nsnc2C2CN3CCCC2C3)cc1.O=C(O)C(=O)O. The molecule has 9 heteroatoms. The molecule has 1 aromatic carbocycles. The van der Waals surface area contributed by atoms with E-state index in [9.17, 15) is 0 Å². The summed E-state index contributed by atoms with van der Waals surface area (Å²) in [5.74, 6) is -1.25. The maximum Gasteiger partial charge on any atom is 0.414 e. The lowest BCUT2D eigenvalue weighted by molar-refractivity contribution is -0.159. The highest BCUT2D eigenvalue weighted by Gasteiger charge is 2.38. The van der Waals surface area contributed by atoms with Gasteiger partial charge >= 0.3 is 11.9 Å². The number of fused-ring (bicyclic) bond motifs is 2. The maximum absolute atomic E-state index is 9.10. The zero-order chi connectivity index (χ0) is 20.1. The topological polar surface area (TPSA) is 104 Å². The quantitative estimate of drug-likeness (QED) is 0.573. The number of benzene rings is 1. The number of aliphatic carboxylic acids is 2. The van der Waals surface area contributed by atoms with E-state index >= 15 is 0 Å². The van der Waals surface area contributed by atoms with Gasteiger partial charge in [-0.05, 0) is 37.8 Å². The van der Waals surface area contributed by atoms with Gasteiger partial charge in [0.05, 0.1) is 17.4 Å². The fourth-order valence-corrected chi connectivity index (χ4v) is 5.40. The summed E-state index contributed by atoms with van der Waals surface area (Å²) >= 11 is 3.24. The molecule has 2 aliphatic rings. The van der Waals surface area contributed by atoms with Crippen molar-refractivity contribution in [3.8, 4) is 0 Å². The molecule has 1 aromatic heterocycles. The Hall–Kier alpha value is -1.97. The van der Waals surface area contributed by atoms with E-state index in [1.54, 1.807) is 0 Å². The summed E-state index contributed by atoms with van der Waals surface area (Å²) in [6, 6.07) is 8.80. The molecule has 0 aliphatic carbocycles. The second-order valence-corrected chi connectivity index (χ2v) is 8.60. The van der Waals surface area contributed by atoms with Gasteiger partial charge in [-0.3, -0.25) is 0 Å². The van der Waals surface area contributed by atoms with Crippen LogP contribution in [-0.4, -0.2) is 55.4 Å². The highest BCUT2D eigenvalue weighted by molar-refractivity contribution is 7.98. The smallest absolute Gasteiger partial charge is 0.414 e. The molecule has 0 saturated carbocycles. The molecule has 2 saturated heterocycles. The molecule has 2 fully saturated rings. The summed E-state index contributed by atoms with van der Waals surface area (Å²) in [6.07, 6.45) is 2.71. The molecular weight excluding hydrogens is 398 g/mol. The van der Waals surface area contributed by atoms with Gasteiger partial charge in [-0.25, -0.2) is 9.59 Å². The van der Waals surface area contributed by atoms with Crippen LogP contribution in [0.25, 0.3) is 0 Å². The van der Waals surface area contributed by atoms with Gasteiger partial charge in [0.15, 0.2) is 0 Å². The Morgan fingerprint density at radius 1 is 1.18 bits per heavy atom. The van der Waals surface area contributed by atoms with E-state index in [1.807, 2.05) is 11.8 Å². The van der Waals surface area contributed by atoms with Gasteiger partial charge in [0.2, 0.25) is 0 Å². The molecule has 3 heterocycles. The second-order valence-electron chi connectivity index (χ2n) is 7.11. The zero-order valence-electron chi connectivity index (χ0n) is 15.6. The highest BCUT2D eigenvalue weighted by atomic mass is 32.2. The van der Waals surface area contributed by atoms with E-state index in [0.717, 1.165) is 11.7 Å². The molecule has 2 bridgehead atoms. The number of aromatic nitrogens is 2. The molecule has 150 valence electrons. The fraction of sp³-hybridized carbons (Fsp3) is 0.474. The Labute approximate surface area is 172 Å². The minimum atomic E-state index is -1.82. The number of carbonyl (C=O) groups is 2. The molecule has 2 aromatic rings. The molecule has 3 unspecified atom stereocenters. The average Bonchev–Trinajstić information content (AvgIpc) is 3.25. The number of carboxylic acids is 2. The van der Waals surface area contributed by atoms with E-state index < -0.39 is 11.9 Å². The summed E-state index contributed by atoms with van der Waals surface area (Å²) in [5.41, 5.74) is 3.96. The highest BCUT2D eigenvalue weighted by Crippen LogP contribution is 2.41. The predicted octanol–water partition coefficient (Wildman–Crippen LogP) is 3.10. The Kier molecular flexibility index (Phi) is 7.03. The van der Waals surface area contributed by atoms with Crippen molar-refractivity contribution in [3.63, 3.8) is 0 Å². The van der Waals surface area contributed by atoms with E-state index in [4.69, 9.17) is 19.8 Å². The maximum atomic E-state index is 9.10. The van der Waals surface area contributed by atoms with Gasteiger partial charge in [-0.1, -0.05) is 41.6 Å².